The Bertz CT molecular complexity index is 1080. The number of carbonyl (C=O) groups excluding carboxylic acids is 1. The van der Waals surface area contributed by atoms with Crippen LogP contribution in [0.4, 0.5) is 11.4 Å². The fourth-order valence-corrected chi connectivity index (χ4v) is 5.45. The standard InChI is InChI=1S/C28H37ClN4O2/c1-20(2)28(27(35)30-23-8-9-26(34)25(29)17-23)10-11-31(19-28)18-22(4)32-12-14-33(15-13-32)24-7-5-6-21(3)16-24/h5-9,16-17,20,34H,4,10-15,18-19H2,1-3H3,(H,30,35). The van der Waals surface area contributed by atoms with Crippen LogP contribution in [-0.2, 0) is 4.79 Å². The van der Waals surface area contributed by atoms with Crippen molar-refractivity contribution in [2.45, 2.75) is 27.2 Å². The highest BCUT2D eigenvalue weighted by molar-refractivity contribution is 6.32. The van der Waals surface area contributed by atoms with Gasteiger partial charge >= 0.3 is 0 Å². The van der Waals surface area contributed by atoms with Crippen molar-refractivity contribution in [3.63, 3.8) is 0 Å². The summed E-state index contributed by atoms with van der Waals surface area (Å²) < 4.78 is 0. The summed E-state index contributed by atoms with van der Waals surface area (Å²) in [7, 11) is 0. The molecule has 7 heteroatoms. The minimum absolute atomic E-state index is 0.00788. The van der Waals surface area contributed by atoms with Crippen LogP contribution in [0.2, 0.25) is 5.02 Å². The van der Waals surface area contributed by atoms with Crippen LogP contribution >= 0.6 is 11.6 Å². The summed E-state index contributed by atoms with van der Waals surface area (Å²) in [5.74, 6) is 0.203. The van der Waals surface area contributed by atoms with Crippen molar-refractivity contribution in [2.24, 2.45) is 11.3 Å². The van der Waals surface area contributed by atoms with Gasteiger partial charge in [-0.3, -0.25) is 9.69 Å². The molecule has 35 heavy (non-hydrogen) atoms. The van der Waals surface area contributed by atoms with E-state index in [1.54, 1.807) is 12.1 Å². The quantitative estimate of drug-likeness (QED) is 0.529. The molecule has 1 amide bonds. The summed E-state index contributed by atoms with van der Waals surface area (Å²) >= 11 is 6.03. The van der Waals surface area contributed by atoms with Crippen molar-refractivity contribution < 1.29 is 9.90 Å². The number of amides is 1. The van der Waals surface area contributed by atoms with Gasteiger partial charge in [0.25, 0.3) is 0 Å². The van der Waals surface area contributed by atoms with Crippen LogP contribution in [0.3, 0.4) is 0 Å². The van der Waals surface area contributed by atoms with Gasteiger partial charge in [0.05, 0.1) is 10.4 Å². The van der Waals surface area contributed by atoms with Crippen molar-refractivity contribution in [1.29, 1.82) is 0 Å². The van der Waals surface area contributed by atoms with Gasteiger partial charge in [-0.05, 0) is 61.7 Å². The van der Waals surface area contributed by atoms with Gasteiger partial charge in [0.2, 0.25) is 5.91 Å². The van der Waals surface area contributed by atoms with E-state index in [1.807, 2.05) is 0 Å². The highest BCUT2D eigenvalue weighted by atomic mass is 35.5. The topological polar surface area (TPSA) is 59.1 Å². The fraction of sp³-hybridized carbons (Fsp3) is 0.464. The number of hydrogen-bond donors (Lipinski definition) is 2. The summed E-state index contributed by atoms with van der Waals surface area (Å²) in [4.78, 5) is 20.6. The van der Waals surface area contributed by atoms with Crippen LogP contribution < -0.4 is 10.2 Å². The van der Waals surface area contributed by atoms with Crippen molar-refractivity contribution in [3.8, 4) is 5.75 Å². The summed E-state index contributed by atoms with van der Waals surface area (Å²) in [6.45, 7) is 17.0. The molecule has 0 spiro atoms. The van der Waals surface area contributed by atoms with Crippen molar-refractivity contribution >= 4 is 28.9 Å². The second-order valence-electron chi connectivity index (χ2n) is 10.3. The summed E-state index contributed by atoms with van der Waals surface area (Å²) in [6, 6.07) is 13.5. The molecule has 188 valence electrons. The van der Waals surface area contributed by atoms with E-state index >= 15 is 0 Å². The van der Waals surface area contributed by atoms with Gasteiger partial charge in [0.15, 0.2) is 0 Å². The lowest BCUT2D eigenvalue weighted by Gasteiger charge is -2.39. The lowest BCUT2D eigenvalue weighted by Crippen LogP contribution is -2.47. The zero-order valence-electron chi connectivity index (χ0n) is 21.1. The number of nitrogens with zero attached hydrogens (tertiary/aromatic N) is 3. The Hall–Kier alpha value is -2.70. The maximum Gasteiger partial charge on any atom is 0.232 e. The molecule has 4 rings (SSSR count). The van der Waals surface area contributed by atoms with Gasteiger partial charge < -0.3 is 20.2 Å². The van der Waals surface area contributed by atoms with E-state index in [9.17, 15) is 9.90 Å². The molecule has 2 aromatic rings. The third kappa shape index (κ3) is 5.60. The molecular weight excluding hydrogens is 460 g/mol. The number of rotatable bonds is 7. The van der Waals surface area contributed by atoms with E-state index in [-0.39, 0.29) is 22.6 Å². The molecule has 0 aliphatic carbocycles. The second-order valence-corrected chi connectivity index (χ2v) is 10.7. The van der Waals surface area contributed by atoms with Crippen LogP contribution in [0.15, 0.2) is 54.7 Å². The highest BCUT2D eigenvalue weighted by Gasteiger charge is 2.47. The number of likely N-dealkylation sites (tertiary alicyclic amines) is 1. The summed E-state index contributed by atoms with van der Waals surface area (Å²) in [5.41, 5.74) is 3.83. The average Bonchev–Trinajstić information content (AvgIpc) is 3.27. The van der Waals surface area contributed by atoms with Crippen molar-refractivity contribution in [1.82, 2.24) is 9.80 Å². The normalized spacial score (nSPS) is 20.9. The van der Waals surface area contributed by atoms with E-state index in [1.165, 1.54) is 17.3 Å². The first-order chi connectivity index (χ1) is 16.7. The lowest BCUT2D eigenvalue weighted by atomic mass is 9.75. The summed E-state index contributed by atoms with van der Waals surface area (Å²) in [6.07, 6.45) is 0.802. The van der Waals surface area contributed by atoms with Crippen LogP contribution in [0.25, 0.3) is 0 Å². The highest BCUT2D eigenvalue weighted by Crippen LogP contribution is 2.40. The molecule has 0 bridgehead atoms. The van der Waals surface area contributed by atoms with Crippen molar-refractivity contribution in [2.75, 3.05) is 56.0 Å². The molecule has 1 atom stereocenters. The first-order valence-electron chi connectivity index (χ1n) is 12.4. The molecule has 0 saturated carbocycles. The van der Waals surface area contributed by atoms with Gasteiger partial charge in [-0.2, -0.15) is 0 Å². The number of carbonyl (C=O) groups is 1. The molecule has 2 heterocycles. The molecule has 2 aliphatic rings. The molecule has 0 aromatic heterocycles. The smallest absolute Gasteiger partial charge is 0.232 e. The second kappa shape index (κ2) is 10.5. The Morgan fingerprint density at radius 3 is 2.54 bits per heavy atom. The number of halogens is 1. The van der Waals surface area contributed by atoms with Gasteiger partial charge in [0, 0.05) is 56.3 Å². The van der Waals surface area contributed by atoms with E-state index in [2.05, 4.69) is 71.6 Å². The zero-order chi connectivity index (χ0) is 25.2. The molecule has 1 unspecified atom stereocenters. The lowest BCUT2D eigenvalue weighted by molar-refractivity contribution is -0.127. The minimum atomic E-state index is -0.478. The van der Waals surface area contributed by atoms with Gasteiger partial charge in [-0.25, -0.2) is 0 Å². The number of piperazine rings is 1. The molecule has 2 fully saturated rings. The molecule has 2 saturated heterocycles. The molecule has 2 aliphatic heterocycles. The van der Waals surface area contributed by atoms with Crippen LogP contribution in [0.1, 0.15) is 25.8 Å². The first kappa shape index (κ1) is 25.4. The monoisotopic (exact) mass is 496 g/mol. The number of benzene rings is 2. The number of phenolic OH excluding ortho intramolecular Hbond substituents is 1. The third-order valence-corrected chi connectivity index (χ3v) is 7.95. The van der Waals surface area contributed by atoms with E-state index in [4.69, 9.17) is 11.6 Å². The van der Waals surface area contributed by atoms with E-state index in [0.29, 0.717) is 12.2 Å². The number of hydrogen-bond acceptors (Lipinski definition) is 5. The molecular formula is C28H37ClN4O2. The Labute approximate surface area is 214 Å². The Morgan fingerprint density at radius 2 is 1.89 bits per heavy atom. The van der Waals surface area contributed by atoms with Crippen LogP contribution in [-0.4, -0.2) is 66.6 Å². The average molecular weight is 497 g/mol. The number of aromatic hydroxyl groups is 1. The van der Waals surface area contributed by atoms with Gasteiger partial charge in [0.1, 0.15) is 5.75 Å². The maximum absolute atomic E-state index is 13.4. The zero-order valence-corrected chi connectivity index (χ0v) is 21.8. The largest absolute Gasteiger partial charge is 0.506 e. The Balaban J connectivity index is 1.33. The molecule has 2 N–H and O–H groups in total. The van der Waals surface area contributed by atoms with Crippen molar-refractivity contribution in [3.05, 3.63) is 65.3 Å². The van der Waals surface area contributed by atoms with E-state index < -0.39 is 5.41 Å². The van der Waals surface area contributed by atoms with Gasteiger partial charge in [-0.1, -0.05) is 44.2 Å². The van der Waals surface area contributed by atoms with Gasteiger partial charge in [-0.15, -0.1) is 0 Å². The Kier molecular flexibility index (Phi) is 7.62. The van der Waals surface area contributed by atoms with Crippen LogP contribution in [0, 0.1) is 18.3 Å². The number of aryl methyl sites for hydroxylation is 1. The third-order valence-electron chi connectivity index (χ3n) is 7.64. The Morgan fingerprint density at radius 1 is 1.14 bits per heavy atom. The number of phenols is 1. The molecule has 0 radical (unpaired) electrons. The molecule has 2 aromatic carbocycles. The first-order valence-corrected chi connectivity index (χ1v) is 12.8. The number of anilines is 2. The van der Waals surface area contributed by atoms with E-state index in [0.717, 1.165) is 51.4 Å². The molecule has 6 nitrogen and oxygen atoms in total. The predicted molar refractivity (Wildman–Crippen MR) is 144 cm³/mol. The fourth-order valence-electron chi connectivity index (χ4n) is 5.27. The number of nitrogens with one attached hydrogen (secondary N) is 1. The SMILES string of the molecule is C=C(CN1CCC(C(=O)Nc2ccc(O)c(Cl)c2)(C(C)C)C1)N1CCN(c2cccc(C)c2)CC1. The minimum Gasteiger partial charge on any atom is -0.506 e. The predicted octanol–water partition coefficient (Wildman–Crippen LogP) is 4.98. The van der Waals surface area contributed by atoms with Crippen LogP contribution in [0.5, 0.6) is 5.75 Å². The maximum atomic E-state index is 13.4. The summed E-state index contributed by atoms with van der Waals surface area (Å²) in [5, 5.41) is 12.9.